The molecule has 0 bridgehead atoms. The fourth-order valence-corrected chi connectivity index (χ4v) is 9.42. The molecule has 5 N–H and O–H groups in total. The van der Waals surface area contributed by atoms with Crippen LogP contribution in [0.15, 0.2) is 170 Å². The van der Waals surface area contributed by atoms with Gasteiger partial charge in [0, 0.05) is 35.1 Å². The van der Waals surface area contributed by atoms with Crippen molar-refractivity contribution in [1.29, 1.82) is 0 Å². The summed E-state index contributed by atoms with van der Waals surface area (Å²) in [5.41, 5.74) is 3.79. The van der Waals surface area contributed by atoms with Gasteiger partial charge in [-0.3, -0.25) is 14.4 Å². The van der Waals surface area contributed by atoms with Crippen molar-refractivity contribution >= 4 is 64.7 Å². The fourth-order valence-electron chi connectivity index (χ4n) is 7.61. The number of carbonyl (C=O) groups is 5. The number of carboxylic acid groups (broad SMARTS) is 1. The van der Waals surface area contributed by atoms with Gasteiger partial charge in [-0.15, -0.1) is 11.8 Å². The smallest absolute Gasteiger partial charge is 0.408 e. The van der Waals surface area contributed by atoms with Crippen LogP contribution < -0.4 is 21.3 Å². The van der Waals surface area contributed by atoms with E-state index in [1.807, 2.05) is 91.0 Å². The van der Waals surface area contributed by atoms with Crippen LogP contribution >= 0.6 is 35.0 Å². The fraction of sp³-hybridized carbons (Fsp3) is 0.241. The SMILES string of the molecule is CC(C)(C)OC(=O)N[C@@H](Cc1ccc(Cl)cc1)C(=O)N[C@H](CSC(c1ccccc1)(c1ccccc1)c1ccccc1)C(=O)N[C@@H](Cc1ccc(Cl)cc1)C(=O)N[C@H](Cc1ccccc1)C(=O)O. The monoisotopic (exact) mass is 972 g/mol. The standard InChI is InChI=1S/C54H54Cl2N4O7S/c1-53(2,3)67-52(66)60-45(33-38-26-30-43(56)31-27-38)49(62)59-47(35-68-54(39-18-10-5-11-19-39,40-20-12-6-13-21-40)41-22-14-7-15-23-41)50(63)57-44(32-37-24-28-42(55)29-25-37)48(61)58-46(51(64)65)34-36-16-8-4-9-17-36/h4-31,44-47H,32-35H2,1-3H3,(H,57,63)(H,58,61)(H,59,62)(H,60,66)(H,64,65)/t44-,45-,46+,47+/m0/s1. The Kier molecular flexibility index (Phi) is 17.9. The van der Waals surface area contributed by atoms with Gasteiger partial charge in [-0.25, -0.2) is 9.59 Å². The van der Waals surface area contributed by atoms with E-state index in [4.69, 9.17) is 27.9 Å². The van der Waals surface area contributed by atoms with Crippen LogP contribution in [0, 0.1) is 0 Å². The van der Waals surface area contributed by atoms with E-state index in [0.29, 0.717) is 26.7 Å². The van der Waals surface area contributed by atoms with Crippen molar-refractivity contribution in [3.05, 3.63) is 213 Å². The number of hydrogen-bond acceptors (Lipinski definition) is 7. The van der Waals surface area contributed by atoms with Gasteiger partial charge in [0.05, 0.1) is 4.75 Å². The minimum absolute atomic E-state index is 0.00526. The summed E-state index contributed by atoms with van der Waals surface area (Å²) < 4.78 is 4.63. The van der Waals surface area contributed by atoms with Gasteiger partial charge in [-0.05, 0) is 78.4 Å². The molecule has 0 fully saturated rings. The zero-order chi connectivity index (χ0) is 48.7. The van der Waals surface area contributed by atoms with Crippen molar-refractivity contribution in [3.8, 4) is 0 Å². The molecule has 0 aliphatic carbocycles. The molecule has 0 aromatic heterocycles. The molecule has 11 nitrogen and oxygen atoms in total. The van der Waals surface area contributed by atoms with Gasteiger partial charge in [0.2, 0.25) is 17.7 Å². The van der Waals surface area contributed by atoms with E-state index in [9.17, 15) is 24.3 Å². The Bertz CT molecular complexity index is 2510. The lowest BCUT2D eigenvalue weighted by atomic mass is 9.84. The lowest BCUT2D eigenvalue weighted by molar-refractivity contribution is -0.142. The zero-order valence-electron chi connectivity index (χ0n) is 37.9. The minimum atomic E-state index is -1.35. The molecule has 0 heterocycles. The number of hydrogen-bond donors (Lipinski definition) is 5. The second-order valence-electron chi connectivity index (χ2n) is 17.2. The number of benzene rings is 6. The largest absolute Gasteiger partial charge is 0.480 e. The van der Waals surface area contributed by atoms with Crippen LogP contribution in [0.4, 0.5) is 4.79 Å². The third kappa shape index (κ3) is 14.5. The van der Waals surface area contributed by atoms with Crippen molar-refractivity contribution < 1.29 is 33.8 Å². The minimum Gasteiger partial charge on any atom is -0.480 e. The van der Waals surface area contributed by atoms with Crippen LogP contribution in [-0.4, -0.2) is 70.4 Å². The molecule has 352 valence electrons. The average Bonchev–Trinajstić information content (AvgIpc) is 3.32. The van der Waals surface area contributed by atoms with Crippen LogP contribution in [0.5, 0.6) is 0 Å². The van der Waals surface area contributed by atoms with E-state index in [0.717, 1.165) is 16.7 Å². The van der Waals surface area contributed by atoms with Crippen LogP contribution in [0.25, 0.3) is 0 Å². The van der Waals surface area contributed by atoms with Crippen LogP contribution in [-0.2, 0) is 47.9 Å². The number of ether oxygens (including phenoxy) is 1. The zero-order valence-corrected chi connectivity index (χ0v) is 40.2. The lowest BCUT2D eigenvalue weighted by Crippen LogP contribution is -2.59. The molecule has 0 unspecified atom stereocenters. The Morgan fingerprint density at radius 2 is 0.824 bits per heavy atom. The molecule has 0 saturated heterocycles. The average molecular weight is 974 g/mol. The summed E-state index contributed by atoms with van der Waals surface area (Å²) in [5.74, 6) is -3.51. The number of rotatable bonds is 20. The highest BCUT2D eigenvalue weighted by atomic mass is 35.5. The number of carboxylic acids is 1. The summed E-state index contributed by atoms with van der Waals surface area (Å²) in [6.07, 6.45) is -0.909. The quantitative estimate of drug-likeness (QED) is 0.0473. The van der Waals surface area contributed by atoms with Gasteiger partial charge in [-0.2, -0.15) is 0 Å². The predicted octanol–water partition coefficient (Wildman–Crippen LogP) is 9.18. The van der Waals surface area contributed by atoms with Gasteiger partial charge in [0.25, 0.3) is 0 Å². The molecular weight excluding hydrogens is 920 g/mol. The topological polar surface area (TPSA) is 163 Å². The highest BCUT2D eigenvalue weighted by Crippen LogP contribution is 2.48. The van der Waals surface area contributed by atoms with Crippen LogP contribution in [0.1, 0.15) is 54.2 Å². The number of alkyl carbamates (subject to hydrolysis) is 1. The first-order valence-corrected chi connectivity index (χ1v) is 23.8. The molecule has 14 heteroatoms. The molecule has 6 aromatic carbocycles. The maximum atomic E-state index is 15.1. The van der Waals surface area contributed by atoms with Gasteiger partial charge in [0.15, 0.2) is 0 Å². The van der Waals surface area contributed by atoms with E-state index < -0.39 is 64.3 Å². The highest BCUT2D eigenvalue weighted by Gasteiger charge is 2.40. The molecule has 68 heavy (non-hydrogen) atoms. The third-order valence-corrected chi connectivity index (χ3v) is 13.0. The van der Waals surface area contributed by atoms with Gasteiger partial charge < -0.3 is 31.1 Å². The van der Waals surface area contributed by atoms with Crippen molar-refractivity contribution in [1.82, 2.24) is 21.3 Å². The summed E-state index contributed by atoms with van der Waals surface area (Å²) in [7, 11) is 0. The summed E-state index contributed by atoms with van der Waals surface area (Å²) >= 11 is 13.8. The second kappa shape index (κ2) is 23.9. The molecule has 6 aromatic rings. The normalized spacial score (nSPS) is 13.2. The van der Waals surface area contributed by atoms with Crippen LogP contribution in [0.2, 0.25) is 10.0 Å². The molecule has 4 amide bonds. The van der Waals surface area contributed by atoms with E-state index >= 15 is 4.79 Å². The maximum Gasteiger partial charge on any atom is 0.408 e. The Hall–Kier alpha value is -6.60. The molecule has 0 spiro atoms. The molecule has 4 atom stereocenters. The summed E-state index contributed by atoms with van der Waals surface area (Å²) in [6.45, 7) is 5.11. The van der Waals surface area contributed by atoms with Crippen molar-refractivity contribution in [3.63, 3.8) is 0 Å². The summed E-state index contributed by atoms with van der Waals surface area (Å²) in [4.78, 5) is 70.1. The molecule has 0 aliphatic heterocycles. The highest BCUT2D eigenvalue weighted by molar-refractivity contribution is 8.00. The first-order valence-electron chi connectivity index (χ1n) is 22.1. The van der Waals surface area contributed by atoms with Crippen molar-refractivity contribution in [2.45, 2.75) is 74.5 Å². The Balaban J connectivity index is 1.41. The van der Waals surface area contributed by atoms with E-state index in [1.165, 1.54) is 11.8 Å². The van der Waals surface area contributed by atoms with Gasteiger partial charge in [0.1, 0.15) is 29.8 Å². The Morgan fingerprint density at radius 1 is 0.485 bits per heavy atom. The number of nitrogens with one attached hydrogen (secondary N) is 4. The van der Waals surface area contributed by atoms with Crippen molar-refractivity contribution in [2.24, 2.45) is 0 Å². The molecule has 6 rings (SSSR count). The second-order valence-corrected chi connectivity index (χ2v) is 19.3. The number of thioether (sulfide) groups is 1. The van der Waals surface area contributed by atoms with Gasteiger partial charge in [-0.1, -0.05) is 169 Å². The number of amides is 4. The first kappa shape index (κ1) is 50.8. The maximum absolute atomic E-state index is 15.1. The molecular formula is C54H54Cl2N4O7S. The Morgan fingerprint density at radius 3 is 1.24 bits per heavy atom. The first-order chi connectivity index (χ1) is 32.6. The number of halogens is 2. The molecule has 0 saturated carbocycles. The Labute approximate surface area is 411 Å². The summed E-state index contributed by atoms with van der Waals surface area (Å²) in [6, 6.07) is 46.6. The van der Waals surface area contributed by atoms with Gasteiger partial charge >= 0.3 is 12.1 Å². The van der Waals surface area contributed by atoms with Crippen LogP contribution in [0.3, 0.4) is 0 Å². The number of carbonyl (C=O) groups excluding carboxylic acids is 4. The predicted molar refractivity (Wildman–Crippen MR) is 269 cm³/mol. The third-order valence-electron chi connectivity index (χ3n) is 10.9. The molecule has 0 aliphatic rings. The van der Waals surface area contributed by atoms with E-state index in [2.05, 4.69) is 21.3 Å². The molecule has 0 radical (unpaired) electrons. The number of aliphatic carboxylic acids is 1. The summed E-state index contributed by atoms with van der Waals surface area (Å²) in [5, 5.41) is 22.4. The van der Waals surface area contributed by atoms with E-state index in [1.54, 1.807) is 99.6 Å². The lowest BCUT2D eigenvalue weighted by Gasteiger charge is -2.37. The van der Waals surface area contributed by atoms with Crippen molar-refractivity contribution in [2.75, 3.05) is 5.75 Å². The van der Waals surface area contributed by atoms with E-state index in [-0.39, 0.29) is 25.0 Å².